The van der Waals surface area contributed by atoms with Gasteiger partial charge < -0.3 is 34.1 Å². The Morgan fingerprint density at radius 2 is 1.07 bits per heavy atom. The summed E-state index contributed by atoms with van der Waals surface area (Å²) in [7, 11) is 0.523. The number of nitrogens with one attached hydrogen (secondary N) is 1. The van der Waals surface area contributed by atoms with E-state index in [0.717, 1.165) is 47.3 Å². The van der Waals surface area contributed by atoms with E-state index in [0.29, 0.717) is 46.7 Å². The summed E-state index contributed by atoms with van der Waals surface area (Å²) in [5.74, 6) is 2.05. The molecule has 14 nitrogen and oxygen atoms in total. The van der Waals surface area contributed by atoms with Crippen LogP contribution in [0.1, 0.15) is 37.1 Å². The fourth-order valence-electron chi connectivity index (χ4n) is 7.87. The van der Waals surface area contributed by atoms with Crippen molar-refractivity contribution < 1.29 is 83.2 Å². The van der Waals surface area contributed by atoms with E-state index in [1.807, 2.05) is 29.6 Å². The maximum absolute atomic E-state index is 13.9. The predicted molar refractivity (Wildman–Crippen MR) is 308 cm³/mol. The third kappa shape index (κ3) is 16.4. The van der Waals surface area contributed by atoms with Crippen molar-refractivity contribution in [2.75, 3.05) is 59.9 Å². The Labute approximate surface area is 507 Å². The minimum Gasteiger partial charge on any atom is -0.497 e. The second kappa shape index (κ2) is 28.5. The number of anilines is 6. The zero-order valence-electron chi connectivity index (χ0n) is 41.5. The van der Waals surface area contributed by atoms with Crippen molar-refractivity contribution in [1.29, 1.82) is 0 Å². The SMILES string of the molecule is C.C.COc1ccc(CN(c2nccs2)S(=O)(=O)c2ccc3c(c2)OCCN3c2ccc(C(F)(F)F)cc2Cl)cc1.COc1ccc(CNc2nccs2)cc1.O=S(=O)(Cl)c1ccc2c(c1)OCCN2c1ccc(C(F)(F)F)cc1Cl.[W]. The number of ether oxygens (including phenoxy) is 4. The van der Waals surface area contributed by atoms with Crippen molar-refractivity contribution in [3.8, 4) is 23.0 Å². The van der Waals surface area contributed by atoms with E-state index in [-0.39, 0.29) is 87.0 Å². The minimum atomic E-state index is -4.52. The molecule has 0 radical (unpaired) electrons. The standard InChI is InChI=1S/C26H21ClF3N3O4S2.C15H10Cl2F3NO3S.C11H12N2OS.2CH4.W/c1-36-19-5-2-17(3-6-19)16-33(25-31-10-13-38-25)39(34,35)20-7-9-23-24(15-20)37-12-11-32(23)22-8-4-18(14-21(22)27)26(28,29)30;16-11-7-9(15(18,19)20)1-3-12(11)21-5-6-24-14-8-10(25(17,22)23)2-4-13(14)21;1-14-10-4-2-9(3-5-10)8-13-11-12-6-7-15-11;;;/h2-10,13-15H,11-12,16H2,1H3;1-4,7-8H,5-6H2;2-7H,8H2,1H3,(H,12,13);2*1H4;. The molecule has 1 N–H and O–H groups in total. The Morgan fingerprint density at radius 3 is 1.50 bits per heavy atom. The number of benzene rings is 6. The number of halogens is 9. The third-order valence-electron chi connectivity index (χ3n) is 11.7. The first kappa shape index (κ1) is 66.8. The molecule has 0 saturated carbocycles. The molecule has 0 spiro atoms. The molecule has 4 heterocycles. The molecule has 0 fully saturated rings. The summed E-state index contributed by atoms with van der Waals surface area (Å²) in [5.41, 5.74) is 1.92. The number of hydrogen-bond acceptors (Lipinski definition) is 15. The van der Waals surface area contributed by atoms with Crippen LogP contribution in [-0.2, 0) is 65.6 Å². The maximum Gasteiger partial charge on any atom is 0.416 e. The van der Waals surface area contributed by atoms with Gasteiger partial charge in [0, 0.05) is 73.6 Å². The van der Waals surface area contributed by atoms with Crippen LogP contribution in [0.15, 0.2) is 154 Å². The molecule has 82 heavy (non-hydrogen) atoms. The molecule has 438 valence electrons. The molecule has 0 unspecified atom stereocenters. The second-order valence-corrected chi connectivity index (χ2v) is 23.7. The predicted octanol–water partition coefficient (Wildman–Crippen LogP) is 15.6. The zero-order valence-corrected chi connectivity index (χ0v) is 50.0. The summed E-state index contributed by atoms with van der Waals surface area (Å²) in [6.07, 6.45) is -5.70. The first-order valence-electron chi connectivity index (χ1n) is 23.1. The third-order valence-corrected chi connectivity index (χ3v) is 17.1. The smallest absolute Gasteiger partial charge is 0.416 e. The fraction of sp³-hybridized carbons (Fsp3) is 0.222. The Balaban J connectivity index is 0.000000245. The number of methoxy groups -OCH3 is 2. The number of thiazole rings is 2. The van der Waals surface area contributed by atoms with Crippen LogP contribution in [-0.4, -0.2) is 67.3 Å². The van der Waals surface area contributed by atoms with Gasteiger partial charge in [0.2, 0.25) is 0 Å². The van der Waals surface area contributed by atoms with Crippen LogP contribution in [0.5, 0.6) is 23.0 Å². The van der Waals surface area contributed by atoms with E-state index in [1.165, 1.54) is 69.9 Å². The molecule has 0 aliphatic carbocycles. The zero-order chi connectivity index (χ0) is 56.7. The van der Waals surface area contributed by atoms with Crippen molar-refractivity contribution in [2.24, 2.45) is 0 Å². The molecule has 10 rings (SSSR count). The number of aromatic nitrogens is 2. The van der Waals surface area contributed by atoms with Gasteiger partial charge >= 0.3 is 12.4 Å². The first-order valence-corrected chi connectivity index (χ1v) is 29.4. The number of nitrogens with zero attached hydrogens (tertiary/aromatic N) is 5. The van der Waals surface area contributed by atoms with Gasteiger partial charge in [-0.3, -0.25) is 0 Å². The molecule has 0 saturated heterocycles. The van der Waals surface area contributed by atoms with E-state index in [4.69, 9.17) is 52.8 Å². The van der Waals surface area contributed by atoms with Gasteiger partial charge in [0.1, 0.15) is 36.2 Å². The topological polar surface area (TPSA) is 153 Å². The maximum atomic E-state index is 13.9. The minimum absolute atomic E-state index is 0. The molecule has 2 aliphatic rings. The van der Waals surface area contributed by atoms with Gasteiger partial charge in [-0.1, -0.05) is 62.3 Å². The van der Waals surface area contributed by atoms with E-state index in [2.05, 4.69) is 15.3 Å². The Hall–Kier alpha value is -5.98. The number of sulfonamides is 1. The summed E-state index contributed by atoms with van der Waals surface area (Å²) in [5, 5.41) is 7.98. The number of hydrogen-bond donors (Lipinski definition) is 1. The number of alkyl halides is 6. The Kier molecular flexibility index (Phi) is 23.2. The van der Waals surface area contributed by atoms with Gasteiger partial charge in [-0.2, -0.15) is 26.3 Å². The second-order valence-electron chi connectivity index (χ2n) is 16.7. The van der Waals surface area contributed by atoms with E-state index < -0.39 is 42.6 Å². The largest absolute Gasteiger partial charge is 0.497 e. The first-order chi connectivity index (χ1) is 37.5. The van der Waals surface area contributed by atoms with Gasteiger partial charge in [-0.25, -0.2) is 31.1 Å². The quantitative estimate of drug-likeness (QED) is 0.0861. The van der Waals surface area contributed by atoms with Crippen molar-refractivity contribution in [2.45, 2.75) is 50.1 Å². The molecule has 0 atom stereocenters. The van der Waals surface area contributed by atoms with Crippen molar-refractivity contribution in [3.63, 3.8) is 0 Å². The molecular weight excluding hydrogens is 1390 g/mol. The summed E-state index contributed by atoms with van der Waals surface area (Å²) in [4.78, 5) is 11.6. The molecule has 2 aliphatic heterocycles. The van der Waals surface area contributed by atoms with Crippen LogP contribution in [0.3, 0.4) is 0 Å². The number of rotatable bonds is 13. The van der Waals surface area contributed by atoms with Crippen LogP contribution < -0.4 is 38.4 Å². The van der Waals surface area contributed by atoms with Crippen molar-refractivity contribution in [1.82, 2.24) is 9.97 Å². The molecule has 2 aromatic heterocycles. The monoisotopic (exact) mass is 1440 g/mol. The molecule has 0 bridgehead atoms. The van der Waals surface area contributed by atoms with Gasteiger partial charge in [0.15, 0.2) is 10.3 Å². The summed E-state index contributed by atoms with van der Waals surface area (Å²) >= 11 is 15.1. The van der Waals surface area contributed by atoms with Crippen molar-refractivity contribution >= 4 is 109 Å². The number of fused-ring (bicyclic) bond motifs is 2. The van der Waals surface area contributed by atoms with Crippen molar-refractivity contribution in [3.05, 3.63) is 177 Å². The summed E-state index contributed by atoms with van der Waals surface area (Å²) in [6, 6.07) is 29.6. The van der Waals surface area contributed by atoms with Gasteiger partial charge in [-0.15, -0.1) is 22.7 Å². The molecular formula is C54H51Cl3F6N6O8S4W. The van der Waals surface area contributed by atoms with E-state index >= 15 is 0 Å². The van der Waals surface area contributed by atoms with Crippen LogP contribution in [0.25, 0.3) is 0 Å². The van der Waals surface area contributed by atoms with Gasteiger partial charge in [0.25, 0.3) is 19.1 Å². The summed E-state index contributed by atoms with van der Waals surface area (Å²) < 4.78 is 151. The van der Waals surface area contributed by atoms with E-state index in [1.54, 1.807) is 77.3 Å². The van der Waals surface area contributed by atoms with Gasteiger partial charge in [0.05, 0.1) is 87.6 Å². The van der Waals surface area contributed by atoms with Crippen LogP contribution in [0.4, 0.5) is 59.4 Å². The average Bonchev–Trinajstić information content (AvgIpc) is 4.30. The average molecular weight is 1440 g/mol. The normalized spacial score (nSPS) is 12.8. The molecule has 0 amide bonds. The van der Waals surface area contributed by atoms with E-state index in [9.17, 15) is 43.2 Å². The Morgan fingerprint density at radius 1 is 0.622 bits per heavy atom. The van der Waals surface area contributed by atoms with Crippen LogP contribution >= 0.6 is 56.6 Å². The fourth-order valence-corrected chi connectivity index (χ4v) is 12.0. The van der Waals surface area contributed by atoms with Gasteiger partial charge in [-0.05, 0) is 96.1 Å². The summed E-state index contributed by atoms with van der Waals surface area (Å²) in [6.45, 7) is 1.85. The Bertz CT molecular complexity index is 3620. The van der Waals surface area contributed by atoms with Crippen LogP contribution in [0, 0.1) is 0 Å². The van der Waals surface area contributed by atoms with Crippen LogP contribution in [0.2, 0.25) is 10.0 Å². The molecule has 8 aromatic rings. The molecule has 28 heteroatoms. The molecule has 6 aromatic carbocycles.